The molecule has 0 spiro atoms. The van der Waals surface area contributed by atoms with Crippen molar-refractivity contribution in [2.45, 2.75) is 31.7 Å². The normalized spacial score (nSPS) is 18.8. The predicted molar refractivity (Wildman–Crippen MR) is 74.5 cm³/mol. The SMILES string of the molecule is O=C(CN1CCOc2ccccc21)NC1CCCC1. The van der Waals surface area contributed by atoms with Gasteiger partial charge in [-0.15, -0.1) is 0 Å². The third-order valence-electron chi connectivity index (χ3n) is 3.88. The summed E-state index contributed by atoms with van der Waals surface area (Å²) >= 11 is 0. The molecule has 1 amide bonds. The van der Waals surface area contributed by atoms with E-state index in [1.807, 2.05) is 24.3 Å². The number of rotatable bonds is 3. The summed E-state index contributed by atoms with van der Waals surface area (Å²) in [6.45, 7) is 1.85. The number of amides is 1. The number of carbonyl (C=O) groups excluding carboxylic acids is 1. The molecule has 2 aliphatic rings. The lowest BCUT2D eigenvalue weighted by atomic mass is 10.2. The van der Waals surface area contributed by atoms with Gasteiger partial charge >= 0.3 is 0 Å². The summed E-state index contributed by atoms with van der Waals surface area (Å²) < 4.78 is 5.60. The molecule has 0 atom stereocenters. The van der Waals surface area contributed by atoms with Gasteiger partial charge in [0.15, 0.2) is 0 Å². The van der Waals surface area contributed by atoms with Crippen molar-refractivity contribution in [1.82, 2.24) is 5.32 Å². The molecule has 0 bridgehead atoms. The minimum Gasteiger partial charge on any atom is -0.490 e. The minimum absolute atomic E-state index is 0.128. The molecule has 1 aromatic rings. The molecule has 19 heavy (non-hydrogen) atoms. The molecule has 0 saturated heterocycles. The Kier molecular flexibility index (Phi) is 3.58. The van der Waals surface area contributed by atoms with Crippen LogP contribution in [0.3, 0.4) is 0 Å². The smallest absolute Gasteiger partial charge is 0.239 e. The highest BCUT2D eigenvalue weighted by Gasteiger charge is 2.22. The molecular formula is C15H20N2O2. The average Bonchev–Trinajstić information content (AvgIpc) is 2.92. The maximum atomic E-state index is 12.1. The third-order valence-corrected chi connectivity index (χ3v) is 3.88. The second-order valence-electron chi connectivity index (χ2n) is 5.29. The Morgan fingerprint density at radius 3 is 2.95 bits per heavy atom. The highest BCUT2D eigenvalue weighted by atomic mass is 16.5. The number of fused-ring (bicyclic) bond motifs is 1. The molecule has 1 aromatic carbocycles. The second kappa shape index (κ2) is 5.51. The van der Waals surface area contributed by atoms with Crippen LogP contribution in [-0.2, 0) is 4.79 Å². The Bertz CT molecular complexity index is 455. The van der Waals surface area contributed by atoms with Crippen LogP contribution in [0, 0.1) is 0 Å². The van der Waals surface area contributed by atoms with Crippen LogP contribution in [0.15, 0.2) is 24.3 Å². The lowest BCUT2D eigenvalue weighted by Crippen LogP contribution is -2.43. The Hall–Kier alpha value is -1.71. The Morgan fingerprint density at radius 2 is 2.11 bits per heavy atom. The van der Waals surface area contributed by atoms with Crippen molar-refractivity contribution < 1.29 is 9.53 Å². The third kappa shape index (κ3) is 2.83. The van der Waals surface area contributed by atoms with Crippen LogP contribution >= 0.6 is 0 Å². The number of nitrogens with zero attached hydrogens (tertiary/aromatic N) is 1. The molecular weight excluding hydrogens is 240 g/mol. The van der Waals surface area contributed by atoms with Gasteiger partial charge in [-0.25, -0.2) is 0 Å². The maximum Gasteiger partial charge on any atom is 0.239 e. The number of hydrogen-bond donors (Lipinski definition) is 1. The number of para-hydroxylation sites is 2. The van der Waals surface area contributed by atoms with E-state index in [0.29, 0.717) is 19.2 Å². The van der Waals surface area contributed by atoms with E-state index in [-0.39, 0.29) is 5.91 Å². The van der Waals surface area contributed by atoms with E-state index in [0.717, 1.165) is 30.8 Å². The van der Waals surface area contributed by atoms with Gasteiger partial charge in [0.05, 0.1) is 18.8 Å². The standard InChI is InChI=1S/C15H20N2O2/c18-15(16-12-5-1-2-6-12)11-17-9-10-19-14-8-4-3-7-13(14)17/h3-4,7-8,12H,1-2,5-6,9-11H2,(H,16,18). The monoisotopic (exact) mass is 260 g/mol. The number of carbonyl (C=O) groups is 1. The second-order valence-corrected chi connectivity index (χ2v) is 5.29. The first-order valence-electron chi connectivity index (χ1n) is 7.09. The van der Waals surface area contributed by atoms with Crippen molar-refractivity contribution in [3.63, 3.8) is 0 Å². The molecule has 3 rings (SSSR count). The van der Waals surface area contributed by atoms with Gasteiger partial charge in [0.1, 0.15) is 12.4 Å². The fourth-order valence-electron chi connectivity index (χ4n) is 2.91. The quantitative estimate of drug-likeness (QED) is 0.903. The van der Waals surface area contributed by atoms with Gasteiger partial charge in [-0.05, 0) is 25.0 Å². The summed E-state index contributed by atoms with van der Waals surface area (Å²) in [4.78, 5) is 14.2. The molecule has 102 valence electrons. The lowest BCUT2D eigenvalue weighted by Gasteiger charge is -2.30. The van der Waals surface area contributed by atoms with Crippen molar-refractivity contribution in [2.75, 3.05) is 24.6 Å². The van der Waals surface area contributed by atoms with Gasteiger partial charge in [0.2, 0.25) is 5.91 Å². The first-order chi connectivity index (χ1) is 9.33. The average molecular weight is 260 g/mol. The Labute approximate surface area is 113 Å². The van der Waals surface area contributed by atoms with E-state index in [1.54, 1.807) is 0 Å². The number of ether oxygens (including phenoxy) is 1. The van der Waals surface area contributed by atoms with E-state index < -0.39 is 0 Å². The Balaban J connectivity index is 1.62. The molecule has 1 N–H and O–H groups in total. The van der Waals surface area contributed by atoms with E-state index in [2.05, 4.69) is 10.2 Å². The molecule has 1 saturated carbocycles. The van der Waals surface area contributed by atoms with Crippen LogP contribution in [0.4, 0.5) is 5.69 Å². The van der Waals surface area contributed by atoms with Gasteiger partial charge in [0, 0.05) is 6.04 Å². The van der Waals surface area contributed by atoms with Gasteiger partial charge < -0.3 is 15.0 Å². The van der Waals surface area contributed by atoms with E-state index in [9.17, 15) is 4.79 Å². The minimum atomic E-state index is 0.128. The summed E-state index contributed by atoms with van der Waals surface area (Å²) in [6, 6.07) is 8.30. The highest BCUT2D eigenvalue weighted by Crippen LogP contribution is 2.30. The molecule has 1 fully saturated rings. The van der Waals surface area contributed by atoms with Crippen molar-refractivity contribution >= 4 is 11.6 Å². The molecule has 1 aliphatic carbocycles. The first-order valence-corrected chi connectivity index (χ1v) is 7.09. The summed E-state index contributed by atoms with van der Waals surface area (Å²) in [6.07, 6.45) is 4.74. The first kappa shape index (κ1) is 12.3. The van der Waals surface area contributed by atoms with Crippen LogP contribution in [0.1, 0.15) is 25.7 Å². The van der Waals surface area contributed by atoms with Crippen LogP contribution in [0.25, 0.3) is 0 Å². The fraction of sp³-hybridized carbons (Fsp3) is 0.533. The molecule has 0 unspecified atom stereocenters. The maximum absolute atomic E-state index is 12.1. The van der Waals surface area contributed by atoms with Crippen molar-refractivity contribution in [1.29, 1.82) is 0 Å². The zero-order valence-corrected chi connectivity index (χ0v) is 11.1. The highest BCUT2D eigenvalue weighted by molar-refractivity contribution is 5.82. The van der Waals surface area contributed by atoms with Crippen molar-refractivity contribution in [2.24, 2.45) is 0 Å². The Morgan fingerprint density at radius 1 is 1.32 bits per heavy atom. The summed E-state index contributed by atoms with van der Waals surface area (Å²) in [5.74, 6) is 1.01. The van der Waals surface area contributed by atoms with E-state index in [1.165, 1.54) is 12.8 Å². The molecule has 1 aliphatic heterocycles. The lowest BCUT2D eigenvalue weighted by molar-refractivity contribution is -0.120. The molecule has 0 radical (unpaired) electrons. The number of nitrogens with one attached hydrogen (secondary N) is 1. The van der Waals surface area contributed by atoms with Crippen molar-refractivity contribution in [3.05, 3.63) is 24.3 Å². The largest absolute Gasteiger partial charge is 0.490 e. The zero-order valence-electron chi connectivity index (χ0n) is 11.1. The van der Waals surface area contributed by atoms with Crippen LogP contribution in [0.2, 0.25) is 0 Å². The molecule has 1 heterocycles. The van der Waals surface area contributed by atoms with Gasteiger partial charge in [-0.1, -0.05) is 25.0 Å². The topological polar surface area (TPSA) is 41.6 Å². The van der Waals surface area contributed by atoms with Crippen molar-refractivity contribution in [3.8, 4) is 5.75 Å². The summed E-state index contributed by atoms with van der Waals surface area (Å²) in [7, 11) is 0. The number of hydrogen-bond acceptors (Lipinski definition) is 3. The van der Waals surface area contributed by atoms with Crippen LogP contribution in [-0.4, -0.2) is 31.6 Å². The van der Waals surface area contributed by atoms with E-state index >= 15 is 0 Å². The van der Waals surface area contributed by atoms with Crippen LogP contribution < -0.4 is 15.0 Å². The number of anilines is 1. The van der Waals surface area contributed by atoms with Gasteiger partial charge in [0.25, 0.3) is 0 Å². The molecule has 4 heteroatoms. The summed E-state index contributed by atoms with van der Waals surface area (Å²) in [5.41, 5.74) is 1.02. The molecule has 0 aromatic heterocycles. The predicted octanol–water partition coefficient (Wildman–Crippen LogP) is 1.94. The number of benzene rings is 1. The zero-order chi connectivity index (χ0) is 13.1. The van der Waals surface area contributed by atoms with Gasteiger partial charge in [-0.3, -0.25) is 4.79 Å². The van der Waals surface area contributed by atoms with E-state index in [4.69, 9.17) is 4.74 Å². The fourth-order valence-corrected chi connectivity index (χ4v) is 2.91. The molecule has 4 nitrogen and oxygen atoms in total. The summed E-state index contributed by atoms with van der Waals surface area (Å²) in [5, 5.41) is 3.14. The van der Waals surface area contributed by atoms with Crippen LogP contribution in [0.5, 0.6) is 5.75 Å². The van der Waals surface area contributed by atoms with Gasteiger partial charge in [-0.2, -0.15) is 0 Å².